The Hall–Kier alpha value is -2.24. The van der Waals surface area contributed by atoms with Gasteiger partial charge in [-0.1, -0.05) is 29.8 Å². The fraction of sp³-hybridized carbons (Fsp3) is 0.0588. The van der Waals surface area contributed by atoms with Gasteiger partial charge in [0.05, 0.1) is 5.69 Å². The minimum atomic E-state index is -0.451. The summed E-state index contributed by atoms with van der Waals surface area (Å²) in [4.78, 5) is 17.5. The molecule has 0 saturated carbocycles. The molecule has 3 rings (SSSR count). The minimum absolute atomic E-state index is 0.252. The van der Waals surface area contributed by atoms with Crippen molar-refractivity contribution >= 4 is 34.0 Å². The van der Waals surface area contributed by atoms with Gasteiger partial charge in [-0.2, -0.15) is 0 Å². The van der Waals surface area contributed by atoms with Crippen LogP contribution < -0.4 is 5.32 Å². The molecule has 116 valence electrons. The van der Waals surface area contributed by atoms with Gasteiger partial charge >= 0.3 is 0 Å². The molecule has 0 aliphatic rings. The first kappa shape index (κ1) is 15.6. The number of rotatable bonds is 3. The zero-order valence-corrected chi connectivity index (χ0v) is 13.7. The molecular formula is C17H12ClFN2OS. The molecule has 1 amide bonds. The van der Waals surface area contributed by atoms with Gasteiger partial charge in [0, 0.05) is 21.0 Å². The van der Waals surface area contributed by atoms with Crippen molar-refractivity contribution in [1.29, 1.82) is 0 Å². The van der Waals surface area contributed by atoms with E-state index in [9.17, 15) is 9.18 Å². The number of carbonyl (C=O) groups is 1. The average Bonchev–Trinajstić information content (AvgIpc) is 2.88. The Balaban J connectivity index is 1.85. The second-order valence-electron chi connectivity index (χ2n) is 4.90. The molecule has 0 unspecified atom stereocenters. The molecule has 1 heterocycles. The third kappa shape index (κ3) is 3.57. The maximum absolute atomic E-state index is 13.2. The Bertz CT molecular complexity index is 879. The maximum Gasteiger partial charge on any atom is 0.257 e. The molecule has 0 fully saturated rings. The van der Waals surface area contributed by atoms with Gasteiger partial charge in [0.1, 0.15) is 5.82 Å². The van der Waals surface area contributed by atoms with E-state index in [0.717, 1.165) is 16.1 Å². The van der Waals surface area contributed by atoms with E-state index >= 15 is 0 Å². The highest BCUT2D eigenvalue weighted by Crippen LogP contribution is 2.31. The summed E-state index contributed by atoms with van der Waals surface area (Å²) in [6.45, 7) is 1.92. The summed E-state index contributed by atoms with van der Waals surface area (Å²) in [7, 11) is 0. The predicted molar refractivity (Wildman–Crippen MR) is 91.7 cm³/mol. The Kier molecular flexibility index (Phi) is 4.41. The number of thiazole rings is 1. The van der Waals surface area contributed by atoms with Crippen LogP contribution in [0.5, 0.6) is 0 Å². The first-order chi connectivity index (χ1) is 11.0. The van der Waals surface area contributed by atoms with Gasteiger partial charge in [-0.3, -0.25) is 10.1 Å². The van der Waals surface area contributed by atoms with E-state index in [1.807, 2.05) is 25.1 Å². The van der Waals surface area contributed by atoms with Crippen molar-refractivity contribution in [3.8, 4) is 11.3 Å². The molecule has 0 bridgehead atoms. The number of nitrogens with zero attached hydrogens (tertiary/aromatic N) is 1. The molecule has 0 spiro atoms. The van der Waals surface area contributed by atoms with E-state index in [0.29, 0.717) is 10.2 Å². The summed E-state index contributed by atoms with van der Waals surface area (Å²) >= 11 is 7.37. The molecule has 1 aromatic heterocycles. The molecule has 0 saturated heterocycles. The lowest BCUT2D eigenvalue weighted by Crippen LogP contribution is -2.11. The van der Waals surface area contributed by atoms with E-state index in [4.69, 9.17) is 11.6 Å². The van der Waals surface area contributed by atoms with E-state index in [-0.39, 0.29) is 5.56 Å². The third-order valence-corrected chi connectivity index (χ3v) is 4.32. The predicted octanol–water partition coefficient (Wildman–Crippen LogP) is 5.16. The monoisotopic (exact) mass is 346 g/mol. The summed E-state index contributed by atoms with van der Waals surface area (Å²) in [5.74, 6) is -0.844. The highest BCUT2D eigenvalue weighted by Gasteiger charge is 2.13. The Morgan fingerprint density at radius 1 is 1.22 bits per heavy atom. The molecule has 3 aromatic rings. The van der Waals surface area contributed by atoms with Crippen LogP contribution in [0.4, 0.5) is 9.52 Å². The van der Waals surface area contributed by atoms with Crippen molar-refractivity contribution in [1.82, 2.24) is 4.98 Å². The van der Waals surface area contributed by atoms with E-state index in [1.54, 1.807) is 12.1 Å². The van der Waals surface area contributed by atoms with Crippen molar-refractivity contribution < 1.29 is 9.18 Å². The number of carbonyl (C=O) groups excluding carboxylic acids is 1. The first-order valence-corrected chi connectivity index (χ1v) is 8.02. The van der Waals surface area contributed by atoms with E-state index < -0.39 is 11.7 Å². The van der Waals surface area contributed by atoms with E-state index in [2.05, 4.69) is 10.3 Å². The van der Waals surface area contributed by atoms with Gasteiger partial charge in [-0.25, -0.2) is 9.37 Å². The largest absolute Gasteiger partial charge is 0.298 e. The van der Waals surface area contributed by atoms with Crippen LogP contribution in [0.2, 0.25) is 5.02 Å². The normalized spacial score (nSPS) is 10.6. The summed E-state index contributed by atoms with van der Waals surface area (Å²) in [5.41, 5.74) is 1.91. The molecule has 0 atom stereocenters. The summed E-state index contributed by atoms with van der Waals surface area (Å²) in [5, 5.41) is 3.79. The quantitative estimate of drug-likeness (QED) is 0.711. The Labute approximate surface area is 141 Å². The SMILES string of the molecule is Cc1sc(NC(=O)c2cccc(F)c2)nc1-c1cccc(Cl)c1. The Morgan fingerprint density at radius 3 is 2.74 bits per heavy atom. The lowest BCUT2D eigenvalue weighted by molar-refractivity contribution is 0.102. The number of hydrogen-bond acceptors (Lipinski definition) is 3. The smallest absolute Gasteiger partial charge is 0.257 e. The van der Waals surface area contributed by atoms with Gasteiger partial charge < -0.3 is 0 Å². The molecule has 2 aromatic carbocycles. The van der Waals surface area contributed by atoms with Gasteiger partial charge in [0.25, 0.3) is 5.91 Å². The zero-order chi connectivity index (χ0) is 16.4. The van der Waals surface area contributed by atoms with Crippen molar-refractivity contribution in [2.45, 2.75) is 6.92 Å². The van der Waals surface area contributed by atoms with Gasteiger partial charge in [-0.05, 0) is 37.3 Å². The molecule has 0 aliphatic carbocycles. The number of anilines is 1. The third-order valence-electron chi connectivity index (χ3n) is 3.20. The summed E-state index contributed by atoms with van der Waals surface area (Å²) in [6.07, 6.45) is 0. The van der Waals surface area contributed by atoms with Crippen molar-refractivity contribution in [3.63, 3.8) is 0 Å². The molecule has 3 nitrogen and oxygen atoms in total. The fourth-order valence-corrected chi connectivity index (χ4v) is 3.17. The minimum Gasteiger partial charge on any atom is -0.298 e. The van der Waals surface area contributed by atoms with Crippen LogP contribution in [-0.2, 0) is 0 Å². The van der Waals surface area contributed by atoms with Crippen LogP contribution in [0.15, 0.2) is 48.5 Å². The fourth-order valence-electron chi connectivity index (χ4n) is 2.15. The summed E-state index contributed by atoms with van der Waals surface area (Å²) in [6, 6.07) is 12.9. The van der Waals surface area contributed by atoms with Crippen LogP contribution in [0, 0.1) is 12.7 Å². The van der Waals surface area contributed by atoms with Crippen LogP contribution >= 0.6 is 22.9 Å². The van der Waals surface area contributed by atoms with Crippen molar-refractivity contribution in [2.75, 3.05) is 5.32 Å². The van der Waals surface area contributed by atoms with Crippen molar-refractivity contribution in [3.05, 3.63) is 69.8 Å². The van der Waals surface area contributed by atoms with Crippen molar-refractivity contribution in [2.24, 2.45) is 0 Å². The standard InChI is InChI=1S/C17H12ClFN2OS/c1-10-15(11-4-2-6-13(18)8-11)20-17(23-10)21-16(22)12-5-3-7-14(19)9-12/h2-9H,1H3,(H,20,21,22). The second-order valence-corrected chi connectivity index (χ2v) is 6.54. The second kappa shape index (κ2) is 6.48. The number of benzene rings is 2. The van der Waals surface area contributed by atoms with Crippen LogP contribution in [0.3, 0.4) is 0 Å². The first-order valence-electron chi connectivity index (χ1n) is 6.83. The number of halogens is 2. The van der Waals surface area contributed by atoms with Gasteiger partial charge in [0.15, 0.2) is 5.13 Å². The highest BCUT2D eigenvalue weighted by atomic mass is 35.5. The number of nitrogens with one attached hydrogen (secondary N) is 1. The number of amides is 1. The lowest BCUT2D eigenvalue weighted by atomic mass is 10.1. The lowest BCUT2D eigenvalue weighted by Gasteiger charge is -2.01. The average molecular weight is 347 g/mol. The van der Waals surface area contributed by atoms with E-state index in [1.165, 1.54) is 29.5 Å². The topological polar surface area (TPSA) is 42.0 Å². The number of aromatic nitrogens is 1. The maximum atomic E-state index is 13.2. The van der Waals surface area contributed by atoms with Crippen LogP contribution in [0.25, 0.3) is 11.3 Å². The van der Waals surface area contributed by atoms with Gasteiger partial charge in [-0.15, -0.1) is 11.3 Å². The summed E-state index contributed by atoms with van der Waals surface area (Å²) < 4.78 is 13.2. The molecule has 0 radical (unpaired) electrons. The Morgan fingerprint density at radius 2 is 2.00 bits per heavy atom. The molecular weight excluding hydrogens is 335 g/mol. The zero-order valence-electron chi connectivity index (χ0n) is 12.1. The van der Waals surface area contributed by atoms with Crippen LogP contribution in [-0.4, -0.2) is 10.9 Å². The number of aryl methyl sites for hydroxylation is 1. The molecule has 0 aliphatic heterocycles. The van der Waals surface area contributed by atoms with Gasteiger partial charge in [0.2, 0.25) is 0 Å². The number of hydrogen-bond donors (Lipinski definition) is 1. The molecule has 6 heteroatoms. The molecule has 23 heavy (non-hydrogen) atoms. The molecule has 1 N–H and O–H groups in total. The van der Waals surface area contributed by atoms with Crippen LogP contribution in [0.1, 0.15) is 15.2 Å². The highest BCUT2D eigenvalue weighted by molar-refractivity contribution is 7.16.